The number of nitrogens with zero attached hydrogens (tertiary/aromatic N) is 1. The van der Waals surface area contributed by atoms with Gasteiger partial charge in [-0.25, -0.2) is 4.98 Å². The van der Waals surface area contributed by atoms with E-state index in [2.05, 4.69) is 46.0 Å². The number of hydrogen-bond acceptors (Lipinski definition) is 4. The number of ether oxygens (including phenoxy) is 1. The van der Waals surface area contributed by atoms with E-state index in [1.165, 1.54) is 15.8 Å². The van der Waals surface area contributed by atoms with Crippen LogP contribution in [0, 0.1) is 6.92 Å². The summed E-state index contributed by atoms with van der Waals surface area (Å²) in [5, 5.41) is 4.42. The lowest BCUT2D eigenvalue weighted by Crippen LogP contribution is -2.01. The van der Waals surface area contributed by atoms with E-state index < -0.39 is 0 Å². The molecule has 0 aliphatic rings. The summed E-state index contributed by atoms with van der Waals surface area (Å²) in [6.07, 6.45) is 2.14. The third-order valence-corrected chi connectivity index (χ3v) is 4.47. The van der Waals surface area contributed by atoms with Crippen molar-refractivity contribution < 1.29 is 4.74 Å². The van der Waals surface area contributed by atoms with Gasteiger partial charge in [0.25, 0.3) is 0 Å². The SMILES string of the molecule is CCCNc1nc2c(C)cc(OCCC)c(C(C)C)c2s1. The second-order valence-electron chi connectivity index (χ2n) is 5.73. The van der Waals surface area contributed by atoms with E-state index in [0.29, 0.717) is 5.92 Å². The van der Waals surface area contributed by atoms with Gasteiger partial charge < -0.3 is 10.1 Å². The summed E-state index contributed by atoms with van der Waals surface area (Å²) >= 11 is 1.75. The van der Waals surface area contributed by atoms with Gasteiger partial charge in [0, 0.05) is 12.1 Å². The molecular formula is C17H26N2OS. The highest BCUT2D eigenvalue weighted by atomic mass is 32.1. The summed E-state index contributed by atoms with van der Waals surface area (Å²) in [5.74, 6) is 1.46. The second-order valence-corrected chi connectivity index (χ2v) is 6.73. The van der Waals surface area contributed by atoms with Crippen LogP contribution in [0.5, 0.6) is 5.75 Å². The van der Waals surface area contributed by atoms with Gasteiger partial charge in [-0.15, -0.1) is 0 Å². The number of thiazole rings is 1. The number of nitrogens with one attached hydrogen (secondary N) is 1. The summed E-state index contributed by atoms with van der Waals surface area (Å²) in [6.45, 7) is 12.6. The standard InChI is InChI=1S/C17H26N2OS/c1-6-8-18-17-19-15-12(5)10-13(20-9-7-2)14(11(3)4)16(15)21-17/h10-11H,6-9H2,1-5H3,(H,18,19). The van der Waals surface area contributed by atoms with Crippen molar-refractivity contribution in [3.63, 3.8) is 0 Å². The van der Waals surface area contributed by atoms with E-state index in [-0.39, 0.29) is 0 Å². The Kier molecular flexibility index (Phi) is 5.45. The fourth-order valence-electron chi connectivity index (χ4n) is 2.41. The molecule has 1 aromatic carbocycles. The Morgan fingerprint density at radius 3 is 2.67 bits per heavy atom. The maximum absolute atomic E-state index is 5.99. The number of benzene rings is 1. The first-order valence-electron chi connectivity index (χ1n) is 7.89. The van der Waals surface area contributed by atoms with E-state index >= 15 is 0 Å². The molecule has 3 nitrogen and oxygen atoms in total. The van der Waals surface area contributed by atoms with Crippen LogP contribution in [0.2, 0.25) is 0 Å². The quantitative estimate of drug-likeness (QED) is 0.750. The van der Waals surface area contributed by atoms with Crippen LogP contribution < -0.4 is 10.1 Å². The van der Waals surface area contributed by atoms with Gasteiger partial charge in [0.2, 0.25) is 0 Å². The molecule has 0 saturated carbocycles. The molecule has 2 aromatic rings. The molecule has 0 bridgehead atoms. The van der Waals surface area contributed by atoms with Crippen LogP contribution in [0.15, 0.2) is 6.07 Å². The van der Waals surface area contributed by atoms with Crippen LogP contribution in [0.25, 0.3) is 10.2 Å². The zero-order chi connectivity index (χ0) is 15.4. The minimum Gasteiger partial charge on any atom is -0.493 e. The molecule has 21 heavy (non-hydrogen) atoms. The highest BCUT2D eigenvalue weighted by Gasteiger charge is 2.18. The molecule has 0 saturated heterocycles. The van der Waals surface area contributed by atoms with Gasteiger partial charge in [0.1, 0.15) is 5.75 Å². The first kappa shape index (κ1) is 16.1. The lowest BCUT2D eigenvalue weighted by Gasteiger charge is -2.15. The zero-order valence-corrected chi connectivity index (χ0v) is 14.6. The molecule has 0 unspecified atom stereocenters. The summed E-state index contributed by atoms with van der Waals surface area (Å²) in [7, 11) is 0. The average molecular weight is 306 g/mol. The molecule has 4 heteroatoms. The monoisotopic (exact) mass is 306 g/mol. The normalized spacial score (nSPS) is 11.3. The maximum Gasteiger partial charge on any atom is 0.183 e. The van der Waals surface area contributed by atoms with Crippen LogP contribution in [0.1, 0.15) is 57.6 Å². The lowest BCUT2D eigenvalue weighted by molar-refractivity contribution is 0.313. The molecular weight excluding hydrogens is 280 g/mol. The second kappa shape index (κ2) is 7.12. The summed E-state index contributed by atoms with van der Waals surface area (Å²) in [5.41, 5.74) is 3.61. The first-order valence-corrected chi connectivity index (χ1v) is 8.70. The first-order chi connectivity index (χ1) is 10.1. The fourth-order valence-corrected chi connectivity index (χ4v) is 3.66. The van der Waals surface area contributed by atoms with Crippen molar-refractivity contribution in [3.8, 4) is 5.75 Å². The highest BCUT2D eigenvalue weighted by Crippen LogP contribution is 2.40. The van der Waals surface area contributed by atoms with Crippen LogP contribution in [-0.2, 0) is 0 Å². The Bertz CT molecular complexity index is 604. The van der Waals surface area contributed by atoms with E-state index in [0.717, 1.165) is 42.4 Å². The van der Waals surface area contributed by atoms with Crippen molar-refractivity contribution in [2.45, 2.75) is 53.4 Å². The van der Waals surface area contributed by atoms with Gasteiger partial charge in [-0.2, -0.15) is 0 Å². The Morgan fingerprint density at radius 2 is 2.05 bits per heavy atom. The molecule has 2 rings (SSSR count). The molecule has 0 aliphatic heterocycles. The summed E-state index contributed by atoms with van der Waals surface area (Å²) in [4.78, 5) is 4.77. The highest BCUT2D eigenvalue weighted by molar-refractivity contribution is 7.22. The molecule has 0 amide bonds. The van der Waals surface area contributed by atoms with Crippen molar-refractivity contribution in [3.05, 3.63) is 17.2 Å². The Labute approximate surface area is 131 Å². The number of rotatable bonds is 7. The summed E-state index contributed by atoms with van der Waals surface area (Å²) < 4.78 is 7.26. The predicted molar refractivity (Wildman–Crippen MR) is 93.0 cm³/mol. The molecule has 0 fully saturated rings. The molecule has 1 N–H and O–H groups in total. The number of anilines is 1. The van der Waals surface area contributed by atoms with Gasteiger partial charge in [0.05, 0.1) is 16.8 Å². The minimum absolute atomic E-state index is 0.430. The van der Waals surface area contributed by atoms with Gasteiger partial charge in [-0.1, -0.05) is 39.0 Å². The fraction of sp³-hybridized carbons (Fsp3) is 0.588. The lowest BCUT2D eigenvalue weighted by atomic mass is 9.99. The van der Waals surface area contributed by atoms with Crippen molar-refractivity contribution in [1.82, 2.24) is 4.98 Å². The molecule has 1 heterocycles. The smallest absolute Gasteiger partial charge is 0.183 e. The Morgan fingerprint density at radius 1 is 1.29 bits per heavy atom. The van der Waals surface area contributed by atoms with Crippen LogP contribution in [0.3, 0.4) is 0 Å². The predicted octanol–water partition coefficient (Wildman–Crippen LogP) is 5.34. The number of aromatic nitrogens is 1. The molecule has 0 radical (unpaired) electrons. The molecule has 0 atom stereocenters. The number of aryl methyl sites for hydroxylation is 1. The van der Waals surface area contributed by atoms with Crippen LogP contribution in [-0.4, -0.2) is 18.1 Å². The van der Waals surface area contributed by atoms with E-state index in [1.807, 2.05) is 0 Å². The van der Waals surface area contributed by atoms with E-state index in [4.69, 9.17) is 9.72 Å². The zero-order valence-electron chi connectivity index (χ0n) is 13.7. The number of fused-ring (bicyclic) bond motifs is 1. The molecule has 0 spiro atoms. The minimum atomic E-state index is 0.430. The average Bonchev–Trinajstić information content (AvgIpc) is 2.86. The third-order valence-electron chi connectivity index (χ3n) is 3.42. The molecule has 1 aromatic heterocycles. The Hall–Kier alpha value is -1.29. The van der Waals surface area contributed by atoms with Gasteiger partial charge in [0.15, 0.2) is 5.13 Å². The van der Waals surface area contributed by atoms with E-state index in [9.17, 15) is 0 Å². The topological polar surface area (TPSA) is 34.2 Å². The largest absolute Gasteiger partial charge is 0.493 e. The molecule has 116 valence electrons. The van der Waals surface area contributed by atoms with Gasteiger partial charge >= 0.3 is 0 Å². The van der Waals surface area contributed by atoms with Crippen LogP contribution >= 0.6 is 11.3 Å². The van der Waals surface area contributed by atoms with Gasteiger partial charge in [-0.05, 0) is 37.3 Å². The molecule has 0 aliphatic carbocycles. The summed E-state index contributed by atoms with van der Waals surface area (Å²) in [6, 6.07) is 2.15. The third kappa shape index (κ3) is 3.49. The van der Waals surface area contributed by atoms with E-state index in [1.54, 1.807) is 11.3 Å². The maximum atomic E-state index is 5.99. The van der Waals surface area contributed by atoms with Crippen LogP contribution in [0.4, 0.5) is 5.13 Å². The van der Waals surface area contributed by atoms with Gasteiger partial charge in [-0.3, -0.25) is 0 Å². The van der Waals surface area contributed by atoms with Crippen molar-refractivity contribution in [1.29, 1.82) is 0 Å². The number of hydrogen-bond donors (Lipinski definition) is 1. The van der Waals surface area contributed by atoms with Crippen molar-refractivity contribution >= 4 is 26.7 Å². The van der Waals surface area contributed by atoms with Crippen molar-refractivity contribution in [2.75, 3.05) is 18.5 Å². The Balaban J connectivity index is 2.52. The van der Waals surface area contributed by atoms with Crippen molar-refractivity contribution in [2.24, 2.45) is 0 Å².